The summed E-state index contributed by atoms with van der Waals surface area (Å²) in [5, 5.41) is 10.9. The molecule has 5 heteroatoms. The molecular weight excluding hydrogens is 242 g/mol. The molecule has 0 unspecified atom stereocenters. The van der Waals surface area contributed by atoms with Crippen molar-refractivity contribution in [3.8, 4) is 0 Å². The number of nitrogens with zero attached hydrogens (tertiary/aromatic N) is 3. The third-order valence-electron chi connectivity index (χ3n) is 3.23. The highest BCUT2D eigenvalue weighted by molar-refractivity contribution is 5.44. The van der Waals surface area contributed by atoms with E-state index in [0.29, 0.717) is 6.54 Å². The lowest BCUT2D eigenvalue weighted by Crippen LogP contribution is -2.06. The summed E-state index contributed by atoms with van der Waals surface area (Å²) in [7, 11) is 0. The summed E-state index contributed by atoms with van der Waals surface area (Å²) in [6, 6.07) is 5.20. The molecule has 0 bridgehead atoms. The number of imidazole rings is 1. The van der Waals surface area contributed by atoms with E-state index in [4.69, 9.17) is 0 Å². The molecule has 1 heterocycles. The molecular formula is C14H17N3O2. The quantitative estimate of drug-likeness (QED) is 0.612. The van der Waals surface area contributed by atoms with E-state index in [-0.39, 0.29) is 10.6 Å². The Morgan fingerprint density at radius 3 is 2.89 bits per heavy atom. The van der Waals surface area contributed by atoms with Crippen molar-refractivity contribution in [3.63, 3.8) is 0 Å². The van der Waals surface area contributed by atoms with Gasteiger partial charge in [-0.1, -0.05) is 19.1 Å². The van der Waals surface area contributed by atoms with E-state index >= 15 is 0 Å². The van der Waals surface area contributed by atoms with Gasteiger partial charge >= 0.3 is 0 Å². The van der Waals surface area contributed by atoms with Crippen molar-refractivity contribution < 1.29 is 4.92 Å². The molecule has 0 radical (unpaired) electrons. The summed E-state index contributed by atoms with van der Waals surface area (Å²) in [6.07, 6.45) is 5.65. The molecule has 0 aliphatic rings. The highest BCUT2D eigenvalue weighted by Crippen LogP contribution is 2.22. The fraction of sp³-hybridized carbons (Fsp3) is 0.357. The number of nitro groups is 1. The van der Waals surface area contributed by atoms with E-state index in [0.717, 1.165) is 29.8 Å². The third-order valence-corrected chi connectivity index (χ3v) is 3.23. The van der Waals surface area contributed by atoms with Crippen LogP contribution < -0.4 is 0 Å². The lowest BCUT2D eigenvalue weighted by atomic mass is 10.1. The average molecular weight is 259 g/mol. The molecule has 0 amide bonds. The number of aryl methyl sites for hydroxylation is 1. The molecule has 2 rings (SSSR count). The summed E-state index contributed by atoms with van der Waals surface area (Å²) >= 11 is 0. The van der Waals surface area contributed by atoms with Crippen LogP contribution in [0.3, 0.4) is 0 Å². The monoisotopic (exact) mass is 259 g/mol. The van der Waals surface area contributed by atoms with Gasteiger partial charge in [-0.2, -0.15) is 0 Å². The van der Waals surface area contributed by atoms with E-state index in [2.05, 4.69) is 16.5 Å². The van der Waals surface area contributed by atoms with Crippen molar-refractivity contribution in [2.75, 3.05) is 0 Å². The van der Waals surface area contributed by atoms with Crippen LogP contribution in [0.15, 0.2) is 30.6 Å². The first-order valence-electron chi connectivity index (χ1n) is 6.36. The molecule has 100 valence electrons. The highest BCUT2D eigenvalue weighted by atomic mass is 16.6. The number of hydrogen-bond acceptors (Lipinski definition) is 3. The summed E-state index contributed by atoms with van der Waals surface area (Å²) in [6.45, 7) is 4.53. The van der Waals surface area contributed by atoms with E-state index < -0.39 is 0 Å². The molecule has 0 aliphatic carbocycles. The molecule has 0 saturated carbocycles. The summed E-state index contributed by atoms with van der Waals surface area (Å²) in [5.74, 6) is 1.02. The molecule has 0 spiro atoms. The maximum absolute atomic E-state index is 10.9. The van der Waals surface area contributed by atoms with E-state index in [1.54, 1.807) is 25.3 Å². The Labute approximate surface area is 112 Å². The van der Waals surface area contributed by atoms with Gasteiger partial charge in [0.15, 0.2) is 0 Å². The van der Waals surface area contributed by atoms with Crippen LogP contribution in [0.2, 0.25) is 0 Å². The zero-order chi connectivity index (χ0) is 13.8. The highest BCUT2D eigenvalue weighted by Gasteiger charge is 2.14. The Bertz CT molecular complexity index is 590. The first-order valence-corrected chi connectivity index (χ1v) is 6.36. The van der Waals surface area contributed by atoms with Crippen molar-refractivity contribution >= 4 is 5.69 Å². The number of aromatic nitrogens is 2. The predicted molar refractivity (Wildman–Crippen MR) is 73.2 cm³/mol. The minimum Gasteiger partial charge on any atom is -0.331 e. The van der Waals surface area contributed by atoms with Gasteiger partial charge in [-0.15, -0.1) is 0 Å². The van der Waals surface area contributed by atoms with E-state index in [1.165, 1.54) is 0 Å². The predicted octanol–water partition coefficient (Wildman–Crippen LogP) is 3.10. The fourth-order valence-electron chi connectivity index (χ4n) is 2.16. The van der Waals surface area contributed by atoms with Crippen LogP contribution in [-0.4, -0.2) is 14.5 Å². The Morgan fingerprint density at radius 1 is 1.42 bits per heavy atom. The van der Waals surface area contributed by atoms with Crippen LogP contribution in [0.5, 0.6) is 0 Å². The maximum Gasteiger partial charge on any atom is 0.272 e. The SMILES string of the molecule is CCCc1nccn1Cc1cccc([N+](=O)[O-])c1C. The third kappa shape index (κ3) is 2.81. The molecule has 2 aromatic rings. The minimum atomic E-state index is -0.334. The van der Waals surface area contributed by atoms with Crippen LogP contribution >= 0.6 is 0 Å². The largest absolute Gasteiger partial charge is 0.331 e. The zero-order valence-electron chi connectivity index (χ0n) is 11.2. The lowest BCUT2D eigenvalue weighted by molar-refractivity contribution is -0.385. The Balaban J connectivity index is 2.31. The van der Waals surface area contributed by atoms with Gasteiger partial charge in [0.1, 0.15) is 5.82 Å². The molecule has 0 fully saturated rings. The van der Waals surface area contributed by atoms with Gasteiger partial charge < -0.3 is 4.57 Å². The zero-order valence-corrected chi connectivity index (χ0v) is 11.2. The molecule has 1 aromatic heterocycles. The summed E-state index contributed by atoms with van der Waals surface area (Å²) in [5.41, 5.74) is 1.86. The molecule has 0 atom stereocenters. The van der Waals surface area contributed by atoms with Crippen molar-refractivity contribution in [1.29, 1.82) is 0 Å². The summed E-state index contributed by atoms with van der Waals surface area (Å²) in [4.78, 5) is 14.9. The Morgan fingerprint density at radius 2 is 2.21 bits per heavy atom. The van der Waals surface area contributed by atoms with Gasteiger partial charge in [0.25, 0.3) is 5.69 Å². The molecule has 19 heavy (non-hydrogen) atoms. The van der Waals surface area contributed by atoms with E-state index in [1.807, 2.05) is 12.3 Å². The molecule has 0 aliphatic heterocycles. The number of benzene rings is 1. The molecule has 0 N–H and O–H groups in total. The second-order valence-electron chi connectivity index (χ2n) is 4.54. The number of rotatable bonds is 5. The van der Waals surface area contributed by atoms with Crippen molar-refractivity contribution in [2.45, 2.75) is 33.2 Å². The van der Waals surface area contributed by atoms with Crippen LogP contribution in [-0.2, 0) is 13.0 Å². The van der Waals surface area contributed by atoms with Crippen molar-refractivity contribution in [2.24, 2.45) is 0 Å². The van der Waals surface area contributed by atoms with Gasteiger partial charge in [0, 0.05) is 37.0 Å². The second kappa shape index (κ2) is 5.65. The first kappa shape index (κ1) is 13.3. The van der Waals surface area contributed by atoms with Crippen LogP contribution in [0.4, 0.5) is 5.69 Å². The van der Waals surface area contributed by atoms with Crippen LogP contribution in [0, 0.1) is 17.0 Å². The number of hydrogen-bond donors (Lipinski definition) is 0. The second-order valence-corrected chi connectivity index (χ2v) is 4.54. The molecule has 0 saturated heterocycles. The fourth-order valence-corrected chi connectivity index (χ4v) is 2.16. The van der Waals surface area contributed by atoms with E-state index in [9.17, 15) is 10.1 Å². The normalized spacial score (nSPS) is 10.6. The van der Waals surface area contributed by atoms with Crippen LogP contribution in [0.25, 0.3) is 0 Å². The Kier molecular flexibility index (Phi) is 3.94. The number of nitro benzene ring substituents is 1. The average Bonchev–Trinajstić information content (AvgIpc) is 2.79. The maximum atomic E-state index is 10.9. The van der Waals surface area contributed by atoms with Gasteiger partial charge in [-0.25, -0.2) is 4.98 Å². The van der Waals surface area contributed by atoms with Crippen molar-refractivity contribution in [3.05, 3.63) is 57.7 Å². The minimum absolute atomic E-state index is 0.176. The molecule has 5 nitrogen and oxygen atoms in total. The van der Waals surface area contributed by atoms with Gasteiger partial charge in [-0.3, -0.25) is 10.1 Å². The standard InChI is InChI=1S/C14H17N3O2/c1-3-5-14-15-8-9-16(14)10-12-6-4-7-13(11(12)2)17(18)19/h4,6-9H,3,5,10H2,1-2H3. The van der Waals surface area contributed by atoms with Crippen LogP contribution in [0.1, 0.15) is 30.3 Å². The van der Waals surface area contributed by atoms with Gasteiger partial charge in [0.2, 0.25) is 0 Å². The lowest BCUT2D eigenvalue weighted by Gasteiger charge is -2.10. The van der Waals surface area contributed by atoms with Crippen molar-refractivity contribution in [1.82, 2.24) is 9.55 Å². The first-order chi connectivity index (χ1) is 9.13. The van der Waals surface area contributed by atoms with Gasteiger partial charge in [-0.05, 0) is 18.9 Å². The smallest absolute Gasteiger partial charge is 0.272 e. The summed E-state index contributed by atoms with van der Waals surface area (Å²) < 4.78 is 2.05. The van der Waals surface area contributed by atoms with Gasteiger partial charge in [0.05, 0.1) is 4.92 Å². The molecule has 1 aromatic carbocycles. The topological polar surface area (TPSA) is 61.0 Å². The Hall–Kier alpha value is -2.17.